The van der Waals surface area contributed by atoms with Gasteiger partial charge in [0.25, 0.3) is 5.91 Å². The van der Waals surface area contributed by atoms with Crippen molar-refractivity contribution < 1.29 is 19.1 Å². The maximum atomic E-state index is 12.5. The van der Waals surface area contributed by atoms with Gasteiger partial charge in [0.1, 0.15) is 6.42 Å². The molecule has 2 amide bonds. The maximum Gasteiger partial charge on any atom is 0.253 e. The molecule has 120 valence electrons. The number of hydrogen-bond acceptors (Lipinski definition) is 5. The third-order valence-corrected chi connectivity index (χ3v) is 4.01. The van der Waals surface area contributed by atoms with Crippen molar-refractivity contribution in [2.45, 2.75) is 25.3 Å². The van der Waals surface area contributed by atoms with Crippen LogP contribution < -0.4 is 14.8 Å². The van der Waals surface area contributed by atoms with Crippen LogP contribution in [0.5, 0.6) is 11.5 Å². The number of ether oxygens (including phenoxy) is 2. The Morgan fingerprint density at radius 1 is 1.26 bits per heavy atom. The predicted octanol–water partition coefficient (Wildman–Crippen LogP) is 1.05. The van der Waals surface area contributed by atoms with Crippen LogP contribution in [0.4, 0.5) is 0 Å². The molecule has 1 aromatic rings. The van der Waals surface area contributed by atoms with E-state index in [9.17, 15) is 9.59 Å². The van der Waals surface area contributed by atoms with E-state index in [1.165, 1.54) is 0 Å². The van der Waals surface area contributed by atoms with Crippen molar-refractivity contribution in [3.63, 3.8) is 0 Å². The van der Waals surface area contributed by atoms with Crippen LogP contribution >= 0.6 is 0 Å². The fraction of sp³-hybridized carbons (Fsp3) is 0.438. The Morgan fingerprint density at radius 2 is 2.00 bits per heavy atom. The van der Waals surface area contributed by atoms with Gasteiger partial charge in [0, 0.05) is 24.7 Å². The molecular formula is C16H17N3O4. The SMILES string of the molecule is N#CCC(=O)NC1CCN(C(=O)c2ccc3c(c2)OCO3)CC1. The zero-order chi connectivity index (χ0) is 16.2. The topological polar surface area (TPSA) is 91.7 Å². The average Bonchev–Trinajstić information content (AvgIpc) is 3.02. The number of nitrogens with one attached hydrogen (secondary N) is 1. The fourth-order valence-electron chi connectivity index (χ4n) is 2.79. The third-order valence-electron chi connectivity index (χ3n) is 4.01. The molecule has 0 spiro atoms. The first-order valence-corrected chi connectivity index (χ1v) is 7.52. The van der Waals surface area contributed by atoms with E-state index in [0.29, 0.717) is 43.0 Å². The number of piperidine rings is 1. The van der Waals surface area contributed by atoms with Crippen molar-refractivity contribution in [2.24, 2.45) is 0 Å². The summed E-state index contributed by atoms with van der Waals surface area (Å²) in [6.45, 7) is 1.33. The van der Waals surface area contributed by atoms with E-state index in [1.54, 1.807) is 23.1 Å². The summed E-state index contributed by atoms with van der Waals surface area (Å²) in [5.74, 6) is 0.938. The summed E-state index contributed by atoms with van der Waals surface area (Å²) in [7, 11) is 0. The van der Waals surface area contributed by atoms with Crippen molar-refractivity contribution in [1.82, 2.24) is 10.2 Å². The van der Waals surface area contributed by atoms with Gasteiger partial charge in [-0.1, -0.05) is 0 Å². The number of rotatable bonds is 3. The van der Waals surface area contributed by atoms with E-state index < -0.39 is 0 Å². The normalized spacial score (nSPS) is 16.7. The van der Waals surface area contributed by atoms with Crippen LogP contribution in [0.2, 0.25) is 0 Å². The number of hydrogen-bond donors (Lipinski definition) is 1. The van der Waals surface area contributed by atoms with Crippen LogP contribution in [0, 0.1) is 11.3 Å². The molecule has 1 aromatic carbocycles. The molecule has 0 bridgehead atoms. The Kier molecular flexibility index (Phi) is 4.33. The summed E-state index contributed by atoms with van der Waals surface area (Å²) in [4.78, 5) is 25.7. The van der Waals surface area contributed by atoms with Crippen molar-refractivity contribution in [1.29, 1.82) is 5.26 Å². The minimum absolute atomic E-state index is 0.0247. The molecule has 0 radical (unpaired) electrons. The Morgan fingerprint density at radius 3 is 2.74 bits per heavy atom. The molecular weight excluding hydrogens is 298 g/mol. The number of amides is 2. The Hall–Kier alpha value is -2.75. The molecule has 0 unspecified atom stereocenters. The lowest BCUT2D eigenvalue weighted by molar-refractivity contribution is -0.121. The highest BCUT2D eigenvalue weighted by molar-refractivity contribution is 5.95. The lowest BCUT2D eigenvalue weighted by Gasteiger charge is -2.32. The van der Waals surface area contributed by atoms with Gasteiger partial charge >= 0.3 is 0 Å². The number of benzene rings is 1. The molecule has 1 saturated heterocycles. The van der Waals surface area contributed by atoms with E-state index in [2.05, 4.69) is 5.32 Å². The molecule has 23 heavy (non-hydrogen) atoms. The van der Waals surface area contributed by atoms with E-state index in [-0.39, 0.29) is 31.1 Å². The average molecular weight is 315 g/mol. The van der Waals surface area contributed by atoms with Crippen molar-refractivity contribution >= 4 is 11.8 Å². The highest BCUT2D eigenvalue weighted by Crippen LogP contribution is 2.33. The molecule has 0 aromatic heterocycles. The van der Waals surface area contributed by atoms with Gasteiger partial charge in [-0.05, 0) is 31.0 Å². The summed E-state index contributed by atoms with van der Waals surface area (Å²) in [6, 6.07) is 7.03. The number of fused-ring (bicyclic) bond motifs is 1. The molecule has 7 heteroatoms. The largest absolute Gasteiger partial charge is 0.454 e. The minimum Gasteiger partial charge on any atom is -0.454 e. The first-order chi connectivity index (χ1) is 11.2. The van der Waals surface area contributed by atoms with Crippen LogP contribution in [-0.2, 0) is 4.79 Å². The van der Waals surface area contributed by atoms with Gasteiger partial charge in [0.05, 0.1) is 6.07 Å². The van der Waals surface area contributed by atoms with Gasteiger partial charge in [-0.15, -0.1) is 0 Å². The Labute approximate surface area is 133 Å². The second-order valence-electron chi connectivity index (χ2n) is 5.54. The zero-order valence-corrected chi connectivity index (χ0v) is 12.6. The zero-order valence-electron chi connectivity index (χ0n) is 12.6. The molecule has 2 aliphatic rings. The number of nitriles is 1. The van der Waals surface area contributed by atoms with Gasteiger partial charge in [-0.25, -0.2) is 0 Å². The maximum absolute atomic E-state index is 12.5. The minimum atomic E-state index is -0.256. The molecule has 2 heterocycles. The first kappa shape index (κ1) is 15.2. The number of carbonyl (C=O) groups is 2. The van der Waals surface area contributed by atoms with Crippen LogP contribution in [0.25, 0.3) is 0 Å². The van der Waals surface area contributed by atoms with E-state index in [4.69, 9.17) is 14.7 Å². The number of nitrogens with zero attached hydrogens (tertiary/aromatic N) is 2. The van der Waals surface area contributed by atoms with Gasteiger partial charge in [-0.3, -0.25) is 9.59 Å². The quantitative estimate of drug-likeness (QED) is 0.900. The predicted molar refractivity (Wildman–Crippen MR) is 79.9 cm³/mol. The highest BCUT2D eigenvalue weighted by atomic mass is 16.7. The summed E-state index contributed by atoms with van der Waals surface area (Å²) in [6.07, 6.45) is 1.25. The van der Waals surface area contributed by atoms with Crippen LogP contribution in [0.1, 0.15) is 29.6 Å². The summed E-state index contributed by atoms with van der Waals surface area (Å²) in [5, 5.41) is 11.3. The molecule has 2 aliphatic heterocycles. The molecule has 1 fully saturated rings. The number of likely N-dealkylation sites (tertiary alicyclic amines) is 1. The van der Waals surface area contributed by atoms with Crippen LogP contribution in [0.3, 0.4) is 0 Å². The lowest BCUT2D eigenvalue weighted by Crippen LogP contribution is -2.46. The second-order valence-corrected chi connectivity index (χ2v) is 5.54. The van der Waals surface area contributed by atoms with Gasteiger partial charge in [-0.2, -0.15) is 5.26 Å². The number of carbonyl (C=O) groups excluding carboxylic acids is 2. The Balaban J connectivity index is 1.56. The Bertz CT molecular complexity index is 660. The second kappa shape index (κ2) is 6.57. The summed E-state index contributed by atoms with van der Waals surface area (Å²) < 4.78 is 10.5. The summed E-state index contributed by atoms with van der Waals surface area (Å²) >= 11 is 0. The fourth-order valence-corrected chi connectivity index (χ4v) is 2.79. The van der Waals surface area contributed by atoms with Gasteiger partial charge in [0.15, 0.2) is 11.5 Å². The van der Waals surface area contributed by atoms with Crippen molar-refractivity contribution in [3.8, 4) is 17.6 Å². The van der Waals surface area contributed by atoms with Gasteiger partial charge in [0.2, 0.25) is 12.7 Å². The smallest absolute Gasteiger partial charge is 0.253 e. The van der Waals surface area contributed by atoms with Crippen LogP contribution in [0.15, 0.2) is 18.2 Å². The molecule has 0 atom stereocenters. The molecule has 1 N–H and O–H groups in total. The van der Waals surface area contributed by atoms with Crippen molar-refractivity contribution in [2.75, 3.05) is 19.9 Å². The van der Waals surface area contributed by atoms with Crippen LogP contribution in [-0.4, -0.2) is 42.6 Å². The highest BCUT2D eigenvalue weighted by Gasteiger charge is 2.25. The van der Waals surface area contributed by atoms with Crippen molar-refractivity contribution in [3.05, 3.63) is 23.8 Å². The third kappa shape index (κ3) is 3.37. The summed E-state index contributed by atoms with van der Waals surface area (Å²) in [5.41, 5.74) is 0.571. The molecule has 0 saturated carbocycles. The molecule has 7 nitrogen and oxygen atoms in total. The standard InChI is InChI=1S/C16H17N3O4/c17-6-3-15(20)18-12-4-7-19(8-5-12)16(21)11-1-2-13-14(9-11)23-10-22-13/h1-2,9,12H,3-5,7-8,10H2,(H,18,20). The van der Waals surface area contributed by atoms with Gasteiger partial charge < -0.3 is 19.7 Å². The molecule has 3 rings (SSSR count). The monoisotopic (exact) mass is 315 g/mol. The van der Waals surface area contributed by atoms with E-state index in [1.807, 2.05) is 6.07 Å². The molecule has 0 aliphatic carbocycles. The van der Waals surface area contributed by atoms with E-state index in [0.717, 1.165) is 0 Å². The van der Waals surface area contributed by atoms with E-state index >= 15 is 0 Å². The lowest BCUT2D eigenvalue weighted by atomic mass is 10.0. The first-order valence-electron chi connectivity index (χ1n) is 7.52.